The van der Waals surface area contributed by atoms with Crippen LogP contribution in [0.5, 0.6) is 0 Å². The molecular weight excluding hydrogens is 234 g/mol. The van der Waals surface area contributed by atoms with Gasteiger partial charge in [0.15, 0.2) is 5.79 Å². The van der Waals surface area contributed by atoms with Gasteiger partial charge in [-0.1, -0.05) is 18.2 Å². The molecule has 0 atom stereocenters. The van der Waals surface area contributed by atoms with E-state index in [0.29, 0.717) is 25.1 Å². The van der Waals surface area contributed by atoms with Crippen molar-refractivity contribution in [1.82, 2.24) is 5.06 Å². The number of carbonyl (C=O) groups excluding carboxylic acids is 1. The van der Waals surface area contributed by atoms with Crippen LogP contribution in [0, 0.1) is 0 Å². The summed E-state index contributed by atoms with van der Waals surface area (Å²) in [6.45, 7) is 1.01. The summed E-state index contributed by atoms with van der Waals surface area (Å²) in [6, 6.07) is 8.90. The molecule has 1 fully saturated rings. The molecule has 0 aromatic heterocycles. The molecule has 5 heteroatoms. The molecule has 1 aromatic carbocycles. The van der Waals surface area contributed by atoms with Crippen molar-refractivity contribution >= 4 is 5.97 Å². The number of hydrogen-bond acceptors (Lipinski definition) is 5. The van der Waals surface area contributed by atoms with Gasteiger partial charge in [-0.25, -0.2) is 4.79 Å². The molecule has 0 aliphatic carbocycles. The maximum absolute atomic E-state index is 11.8. The molecule has 98 valence electrons. The molecule has 0 amide bonds. The Kier molecular flexibility index (Phi) is 3.96. The van der Waals surface area contributed by atoms with E-state index in [2.05, 4.69) is 0 Å². The zero-order valence-electron chi connectivity index (χ0n) is 10.6. The molecule has 1 aliphatic heterocycles. The second kappa shape index (κ2) is 5.48. The highest BCUT2D eigenvalue weighted by atomic mass is 16.7. The number of hydrogen-bond donors (Lipinski definition) is 0. The second-order valence-corrected chi connectivity index (χ2v) is 4.18. The molecule has 1 aliphatic rings. The number of carbonyl (C=O) groups is 1. The van der Waals surface area contributed by atoms with Gasteiger partial charge in [0.05, 0.1) is 12.1 Å². The highest BCUT2D eigenvalue weighted by Gasteiger charge is 2.40. The van der Waals surface area contributed by atoms with Gasteiger partial charge in [-0.05, 0) is 12.1 Å². The standard InChI is InChI=1S/C13H17NO4/c1-16-13(17-2)8-9-14(10-13)18-12(15)11-6-4-3-5-7-11/h3-7H,8-10H2,1-2H3. The lowest BCUT2D eigenvalue weighted by molar-refractivity contribution is -0.212. The Morgan fingerprint density at radius 3 is 2.44 bits per heavy atom. The van der Waals surface area contributed by atoms with Gasteiger partial charge >= 0.3 is 5.97 Å². The van der Waals surface area contributed by atoms with Crippen LogP contribution in [0.3, 0.4) is 0 Å². The quantitative estimate of drug-likeness (QED) is 0.758. The van der Waals surface area contributed by atoms with E-state index in [1.165, 1.54) is 0 Å². The van der Waals surface area contributed by atoms with E-state index in [-0.39, 0.29) is 5.97 Å². The van der Waals surface area contributed by atoms with Crippen molar-refractivity contribution in [3.63, 3.8) is 0 Å². The van der Waals surface area contributed by atoms with Crippen LogP contribution in [-0.4, -0.2) is 44.1 Å². The van der Waals surface area contributed by atoms with Gasteiger partial charge in [0.2, 0.25) is 0 Å². The Morgan fingerprint density at radius 1 is 1.22 bits per heavy atom. The third kappa shape index (κ3) is 2.69. The maximum Gasteiger partial charge on any atom is 0.357 e. The Bertz CT molecular complexity index is 403. The largest absolute Gasteiger partial charge is 0.364 e. The normalized spacial score (nSPS) is 18.8. The topological polar surface area (TPSA) is 48.0 Å². The van der Waals surface area contributed by atoms with Crippen LogP contribution < -0.4 is 0 Å². The van der Waals surface area contributed by atoms with E-state index in [9.17, 15) is 4.79 Å². The molecule has 0 saturated carbocycles. The van der Waals surface area contributed by atoms with E-state index in [4.69, 9.17) is 14.3 Å². The van der Waals surface area contributed by atoms with Crippen molar-refractivity contribution < 1.29 is 19.1 Å². The zero-order valence-corrected chi connectivity index (χ0v) is 10.6. The third-order valence-corrected chi connectivity index (χ3v) is 3.12. The lowest BCUT2D eigenvalue weighted by Gasteiger charge is -2.25. The van der Waals surface area contributed by atoms with Crippen LogP contribution in [0.4, 0.5) is 0 Å². The van der Waals surface area contributed by atoms with E-state index < -0.39 is 5.79 Å². The van der Waals surface area contributed by atoms with Gasteiger partial charge in [-0.2, -0.15) is 0 Å². The minimum atomic E-state index is -0.670. The van der Waals surface area contributed by atoms with Crippen molar-refractivity contribution in [2.45, 2.75) is 12.2 Å². The molecule has 18 heavy (non-hydrogen) atoms. The fourth-order valence-corrected chi connectivity index (χ4v) is 1.96. The first-order chi connectivity index (χ1) is 8.69. The van der Waals surface area contributed by atoms with Crippen LogP contribution in [0.15, 0.2) is 30.3 Å². The second-order valence-electron chi connectivity index (χ2n) is 4.18. The Hall–Kier alpha value is -1.43. The lowest BCUT2D eigenvalue weighted by Crippen LogP contribution is -2.37. The SMILES string of the molecule is COC1(OC)CCN(OC(=O)c2ccccc2)C1. The summed E-state index contributed by atoms with van der Waals surface area (Å²) in [5.41, 5.74) is 0.532. The van der Waals surface area contributed by atoms with Crippen molar-refractivity contribution in [2.24, 2.45) is 0 Å². The Labute approximate surface area is 106 Å². The number of benzene rings is 1. The third-order valence-electron chi connectivity index (χ3n) is 3.12. The summed E-state index contributed by atoms with van der Waals surface area (Å²) in [4.78, 5) is 17.1. The van der Waals surface area contributed by atoms with Crippen LogP contribution >= 0.6 is 0 Å². The zero-order chi connectivity index (χ0) is 13.0. The number of rotatable bonds is 4. The molecule has 1 saturated heterocycles. The fourth-order valence-electron chi connectivity index (χ4n) is 1.96. The summed E-state index contributed by atoms with van der Waals surface area (Å²) in [5.74, 6) is -1.03. The van der Waals surface area contributed by atoms with E-state index in [0.717, 1.165) is 0 Å². The van der Waals surface area contributed by atoms with Crippen LogP contribution in [0.1, 0.15) is 16.8 Å². The number of hydroxylamine groups is 2. The smallest absolute Gasteiger partial charge is 0.357 e. The first-order valence-corrected chi connectivity index (χ1v) is 5.82. The summed E-state index contributed by atoms with van der Waals surface area (Å²) in [7, 11) is 3.18. The highest BCUT2D eigenvalue weighted by molar-refractivity contribution is 5.89. The van der Waals surface area contributed by atoms with Gasteiger partial charge in [0.1, 0.15) is 0 Å². The van der Waals surface area contributed by atoms with Gasteiger partial charge in [0, 0.05) is 27.2 Å². The molecule has 0 spiro atoms. The van der Waals surface area contributed by atoms with Gasteiger partial charge in [-0.3, -0.25) is 0 Å². The molecule has 0 bridgehead atoms. The van der Waals surface area contributed by atoms with E-state index >= 15 is 0 Å². The maximum atomic E-state index is 11.8. The lowest BCUT2D eigenvalue weighted by atomic mass is 10.2. The minimum absolute atomic E-state index is 0.362. The number of nitrogens with zero attached hydrogens (tertiary/aromatic N) is 1. The van der Waals surface area contributed by atoms with E-state index in [1.807, 2.05) is 6.07 Å². The number of ether oxygens (including phenoxy) is 2. The van der Waals surface area contributed by atoms with E-state index in [1.54, 1.807) is 43.5 Å². The average molecular weight is 251 g/mol. The van der Waals surface area contributed by atoms with Gasteiger partial charge < -0.3 is 14.3 Å². The van der Waals surface area contributed by atoms with Crippen LogP contribution in [0.25, 0.3) is 0 Å². The van der Waals surface area contributed by atoms with Crippen LogP contribution in [-0.2, 0) is 14.3 Å². The molecular formula is C13H17NO4. The predicted octanol–water partition coefficient (Wildman–Crippen LogP) is 1.45. The van der Waals surface area contributed by atoms with Crippen LogP contribution in [0.2, 0.25) is 0 Å². The summed E-state index contributed by atoms with van der Waals surface area (Å²) < 4.78 is 10.6. The van der Waals surface area contributed by atoms with Crippen molar-refractivity contribution in [3.05, 3.63) is 35.9 Å². The first kappa shape index (κ1) is 13.0. The van der Waals surface area contributed by atoms with Gasteiger partial charge in [0.25, 0.3) is 0 Å². The molecule has 2 rings (SSSR count). The fraction of sp³-hybridized carbons (Fsp3) is 0.462. The molecule has 0 unspecified atom stereocenters. The molecule has 0 N–H and O–H groups in total. The Balaban J connectivity index is 1.94. The Morgan fingerprint density at radius 2 is 1.89 bits per heavy atom. The molecule has 5 nitrogen and oxygen atoms in total. The minimum Gasteiger partial charge on any atom is -0.364 e. The van der Waals surface area contributed by atoms with Crippen molar-refractivity contribution in [3.8, 4) is 0 Å². The predicted molar refractivity (Wildman–Crippen MR) is 64.8 cm³/mol. The average Bonchev–Trinajstić information content (AvgIpc) is 2.84. The molecule has 0 radical (unpaired) electrons. The summed E-state index contributed by atoms with van der Waals surface area (Å²) in [6.07, 6.45) is 0.669. The highest BCUT2D eigenvalue weighted by Crippen LogP contribution is 2.25. The molecule has 1 aromatic rings. The van der Waals surface area contributed by atoms with Gasteiger partial charge in [-0.15, -0.1) is 5.06 Å². The summed E-state index contributed by atoms with van der Waals surface area (Å²) >= 11 is 0. The van der Waals surface area contributed by atoms with Crippen molar-refractivity contribution in [2.75, 3.05) is 27.3 Å². The monoisotopic (exact) mass is 251 g/mol. The summed E-state index contributed by atoms with van der Waals surface area (Å²) in [5, 5.41) is 1.57. The first-order valence-electron chi connectivity index (χ1n) is 5.82. The molecule has 1 heterocycles. The van der Waals surface area contributed by atoms with Crippen molar-refractivity contribution in [1.29, 1.82) is 0 Å². The number of methoxy groups -OCH3 is 2.